The lowest BCUT2D eigenvalue weighted by Gasteiger charge is -2.33. The zero-order valence-corrected chi connectivity index (χ0v) is 19.6. The molecule has 2 heterocycles. The van der Waals surface area contributed by atoms with Crippen LogP contribution in [-0.4, -0.2) is 37.4 Å². The van der Waals surface area contributed by atoms with Crippen molar-refractivity contribution in [3.8, 4) is 6.07 Å². The molecule has 0 bridgehead atoms. The zero-order chi connectivity index (χ0) is 22.9. The van der Waals surface area contributed by atoms with Crippen molar-refractivity contribution >= 4 is 33.9 Å². The van der Waals surface area contributed by atoms with Crippen molar-refractivity contribution < 1.29 is 9.66 Å². The van der Waals surface area contributed by atoms with E-state index in [0.29, 0.717) is 35.3 Å². The largest absolute Gasteiger partial charge is 0.378 e. The van der Waals surface area contributed by atoms with Crippen LogP contribution < -0.4 is 4.90 Å². The number of benzene rings is 1. The Labute approximate surface area is 192 Å². The Morgan fingerprint density at radius 3 is 2.75 bits per heavy atom. The van der Waals surface area contributed by atoms with Crippen molar-refractivity contribution in [2.24, 2.45) is 16.3 Å². The minimum absolute atomic E-state index is 0.0301. The van der Waals surface area contributed by atoms with E-state index < -0.39 is 4.92 Å². The van der Waals surface area contributed by atoms with E-state index in [9.17, 15) is 15.4 Å². The Hall–Kier alpha value is -2.76. The first-order valence-corrected chi connectivity index (χ1v) is 11.8. The molecule has 1 saturated heterocycles. The molecule has 7 nitrogen and oxygen atoms in total. The number of hydrogen-bond donors (Lipinski definition) is 0. The average molecular weight is 453 g/mol. The summed E-state index contributed by atoms with van der Waals surface area (Å²) in [6.45, 7) is 9.52. The van der Waals surface area contributed by atoms with Gasteiger partial charge in [0, 0.05) is 47.6 Å². The van der Waals surface area contributed by atoms with Crippen molar-refractivity contribution in [1.29, 1.82) is 5.26 Å². The molecule has 0 spiro atoms. The van der Waals surface area contributed by atoms with Crippen LogP contribution in [0.3, 0.4) is 0 Å². The number of nitrogens with zero attached hydrogens (tertiary/aromatic N) is 4. The van der Waals surface area contributed by atoms with Crippen LogP contribution in [0, 0.1) is 32.8 Å². The van der Waals surface area contributed by atoms with Gasteiger partial charge in [0.15, 0.2) is 0 Å². The molecule has 0 unspecified atom stereocenters. The summed E-state index contributed by atoms with van der Waals surface area (Å²) in [6.07, 6.45) is 4.64. The van der Waals surface area contributed by atoms with Gasteiger partial charge in [-0.05, 0) is 42.2 Å². The molecule has 8 heteroatoms. The van der Waals surface area contributed by atoms with Gasteiger partial charge in [0.2, 0.25) is 0 Å². The molecule has 1 aromatic carbocycles. The summed E-state index contributed by atoms with van der Waals surface area (Å²) in [5, 5.41) is 21.9. The van der Waals surface area contributed by atoms with Crippen LogP contribution in [0.2, 0.25) is 0 Å². The molecule has 0 amide bonds. The first-order valence-electron chi connectivity index (χ1n) is 11.0. The van der Waals surface area contributed by atoms with E-state index in [-0.39, 0.29) is 11.1 Å². The molecule has 1 aliphatic carbocycles. The first-order chi connectivity index (χ1) is 15.3. The van der Waals surface area contributed by atoms with Gasteiger partial charge < -0.3 is 9.64 Å². The van der Waals surface area contributed by atoms with Gasteiger partial charge in [0.05, 0.1) is 23.7 Å². The molecular weight excluding hydrogens is 424 g/mol. The minimum Gasteiger partial charge on any atom is -0.378 e. The van der Waals surface area contributed by atoms with E-state index in [0.717, 1.165) is 43.6 Å². The number of hydrogen-bond acceptors (Lipinski definition) is 7. The fourth-order valence-electron chi connectivity index (χ4n) is 4.50. The summed E-state index contributed by atoms with van der Waals surface area (Å²) >= 11 is 1.59. The van der Waals surface area contributed by atoms with Gasteiger partial charge in [-0.25, -0.2) is 4.99 Å². The SMILES string of the molecule is CC(C)(C)[C@@H]1CCc2c(sc(N=Cc3cc([N+](=O)[O-])ccc3N3CCOCC3)c2C#N)C1. The van der Waals surface area contributed by atoms with Crippen LogP contribution in [0.15, 0.2) is 23.2 Å². The number of nitriles is 1. The topological polar surface area (TPSA) is 91.8 Å². The monoisotopic (exact) mass is 452 g/mol. The molecule has 1 fully saturated rings. The van der Waals surface area contributed by atoms with Crippen LogP contribution in [0.4, 0.5) is 16.4 Å². The Bertz CT molecular complexity index is 1090. The third-order valence-corrected chi connectivity index (χ3v) is 7.64. The summed E-state index contributed by atoms with van der Waals surface area (Å²) in [5.74, 6) is 0.585. The summed E-state index contributed by atoms with van der Waals surface area (Å²) in [6, 6.07) is 7.23. The summed E-state index contributed by atoms with van der Waals surface area (Å²) in [7, 11) is 0. The molecule has 4 rings (SSSR count). The number of ether oxygens (including phenoxy) is 1. The van der Waals surface area contributed by atoms with Gasteiger partial charge in [-0.15, -0.1) is 11.3 Å². The van der Waals surface area contributed by atoms with Crippen molar-refractivity contribution in [1.82, 2.24) is 0 Å². The molecule has 32 heavy (non-hydrogen) atoms. The second kappa shape index (κ2) is 9.00. The van der Waals surface area contributed by atoms with E-state index in [1.54, 1.807) is 29.7 Å². The lowest BCUT2D eigenvalue weighted by molar-refractivity contribution is -0.384. The maximum Gasteiger partial charge on any atom is 0.270 e. The van der Waals surface area contributed by atoms with Gasteiger partial charge >= 0.3 is 0 Å². The van der Waals surface area contributed by atoms with Gasteiger partial charge in [0.1, 0.15) is 11.1 Å². The fraction of sp³-hybridized carbons (Fsp3) is 0.500. The lowest BCUT2D eigenvalue weighted by atomic mass is 9.72. The maximum atomic E-state index is 11.3. The van der Waals surface area contributed by atoms with Crippen molar-refractivity contribution in [3.63, 3.8) is 0 Å². The normalized spacial score (nSPS) is 19.1. The Morgan fingerprint density at radius 1 is 1.34 bits per heavy atom. The highest BCUT2D eigenvalue weighted by atomic mass is 32.1. The Kier molecular flexibility index (Phi) is 6.31. The second-order valence-corrected chi connectivity index (χ2v) is 10.5. The first kappa shape index (κ1) is 22.4. The van der Waals surface area contributed by atoms with Crippen LogP contribution in [0.25, 0.3) is 0 Å². The van der Waals surface area contributed by atoms with Crippen molar-refractivity contribution in [2.75, 3.05) is 31.2 Å². The summed E-state index contributed by atoms with van der Waals surface area (Å²) < 4.78 is 5.44. The third kappa shape index (κ3) is 4.54. The molecule has 0 radical (unpaired) electrons. The number of nitro groups is 1. The molecular formula is C24H28N4O3S. The van der Waals surface area contributed by atoms with Crippen LogP contribution in [0.5, 0.6) is 0 Å². The minimum atomic E-state index is -0.391. The highest BCUT2D eigenvalue weighted by Gasteiger charge is 2.32. The highest BCUT2D eigenvalue weighted by molar-refractivity contribution is 7.16. The van der Waals surface area contributed by atoms with Gasteiger partial charge in [-0.3, -0.25) is 10.1 Å². The number of morpholine rings is 1. The smallest absolute Gasteiger partial charge is 0.270 e. The van der Waals surface area contributed by atoms with Crippen LogP contribution in [0.1, 0.15) is 48.8 Å². The number of nitro benzene ring substituents is 1. The van der Waals surface area contributed by atoms with E-state index in [1.165, 1.54) is 10.9 Å². The summed E-state index contributed by atoms with van der Waals surface area (Å²) in [5.41, 5.74) is 3.64. The third-order valence-electron chi connectivity index (χ3n) is 6.48. The molecule has 2 aliphatic rings. The number of rotatable bonds is 4. The molecule has 0 N–H and O–H groups in total. The molecule has 2 aromatic rings. The Balaban J connectivity index is 1.69. The summed E-state index contributed by atoms with van der Waals surface area (Å²) in [4.78, 5) is 19.1. The fourth-order valence-corrected chi connectivity index (χ4v) is 5.72. The van der Waals surface area contributed by atoms with Gasteiger partial charge in [-0.2, -0.15) is 5.26 Å². The zero-order valence-electron chi connectivity index (χ0n) is 18.8. The number of anilines is 1. The van der Waals surface area contributed by atoms with Crippen molar-refractivity contribution in [3.05, 3.63) is 49.9 Å². The molecule has 168 valence electrons. The van der Waals surface area contributed by atoms with Crippen LogP contribution in [-0.2, 0) is 17.6 Å². The quantitative estimate of drug-likeness (QED) is 0.358. The maximum absolute atomic E-state index is 11.3. The standard InChI is InChI=1S/C24H28N4O3S/c1-24(2,3)17-4-6-19-20(14-25)23(32-22(19)13-17)26-15-16-12-18(28(29)30)5-7-21(16)27-8-10-31-11-9-27/h5,7,12,15,17H,4,6,8-11,13H2,1-3H3/t17-/m1/s1. The van der Waals surface area contributed by atoms with E-state index in [1.807, 2.05) is 0 Å². The van der Waals surface area contributed by atoms with E-state index in [2.05, 4.69) is 36.7 Å². The molecule has 1 aliphatic heterocycles. The predicted molar refractivity (Wildman–Crippen MR) is 127 cm³/mol. The number of non-ortho nitro benzene ring substituents is 1. The number of fused-ring (bicyclic) bond motifs is 1. The van der Waals surface area contributed by atoms with Gasteiger partial charge in [-0.1, -0.05) is 20.8 Å². The van der Waals surface area contributed by atoms with E-state index in [4.69, 9.17) is 4.74 Å². The van der Waals surface area contributed by atoms with E-state index >= 15 is 0 Å². The molecule has 1 aromatic heterocycles. The predicted octanol–water partition coefficient (Wildman–Crippen LogP) is 5.27. The molecule has 0 saturated carbocycles. The van der Waals surface area contributed by atoms with Gasteiger partial charge in [0.25, 0.3) is 5.69 Å². The average Bonchev–Trinajstić information content (AvgIpc) is 3.14. The molecule has 1 atom stereocenters. The lowest BCUT2D eigenvalue weighted by Crippen LogP contribution is -2.36. The highest BCUT2D eigenvalue weighted by Crippen LogP contribution is 2.45. The number of aliphatic imine (C=N–C) groups is 1. The number of thiophene rings is 1. The Morgan fingerprint density at radius 2 is 2.09 bits per heavy atom. The van der Waals surface area contributed by atoms with Crippen LogP contribution >= 0.6 is 11.3 Å². The van der Waals surface area contributed by atoms with Crippen molar-refractivity contribution in [2.45, 2.75) is 40.0 Å². The second-order valence-electron chi connectivity index (χ2n) is 9.46.